The Morgan fingerprint density at radius 3 is 2.68 bits per heavy atom. The van der Waals surface area contributed by atoms with Crippen molar-refractivity contribution in [1.82, 2.24) is 9.88 Å². The molecule has 2 aliphatic rings. The maximum atomic E-state index is 15.0. The lowest BCUT2D eigenvalue weighted by molar-refractivity contribution is -0.120. The second-order valence-electron chi connectivity index (χ2n) is 8.60. The number of carbonyl (C=O) groups is 2. The van der Waals surface area contributed by atoms with Crippen LogP contribution in [0.15, 0.2) is 23.1 Å². The molecule has 1 atom stereocenters. The number of aromatic carboxylic acids is 1. The highest BCUT2D eigenvalue weighted by Gasteiger charge is 2.36. The first-order valence-electron chi connectivity index (χ1n) is 10.1. The Bertz CT molecular complexity index is 1100. The van der Waals surface area contributed by atoms with E-state index < -0.39 is 17.2 Å². The van der Waals surface area contributed by atoms with Crippen molar-refractivity contribution in [3.8, 4) is 0 Å². The van der Waals surface area contributed by atoms with Gasteiger partial charge < -0.3 is 25.6 Å². The van der Waals surface area contributed by atoms with E-state index in [9.17, 15) is 19.5 Å². The van der Waals surface area contributed by atoms with E-state index in [0.29, 0.717) is 30.8 Å². The van der Waals surface area contributed by atoms with Gasteiger partial charge in [-0.05, 0) is 31.4 Å². The van der Waals surface area contributed by atoms with E-state index in [-0.39, 0.29) is 47.3 Å². The third-order valence-corrected chi connectivity index (χ3v) is 6.07. The average Bonchev–Trinajstić information content (AvgIpc) is 3.48. The van der Waals surface area contributed by atoms with Crippen molar-refractivity contribution in [1.29, 1.82) is 0 Å². The first kappa shape index (κ1) is 23.0. The van der Waals surface area contributed by atoms with Crippen LogP contribution in [-0.4, -0.2) is 47.7 Å². The second kappa shape index (κ2) is 8.47. The highest BCUT2D eigenvalue weighted by molar-refractivity contribution is 5.93. The van der Waals surface area contributed by atoms with Crippen LogP contribution in [0.3, 0.4) is 0 Å². The summed E-state index contributed by atoms with van der Waals surface area (Å²) >= 11 is 0. The fourth-order valence-electron chi connectivity index (χ4n) is 4.17. The van der Waals surface area contributed by atoms with Crippen LogP contribution in [0.2, 0.25) is 0 Å². The fraction of sp³-hybridized carbons (Fsp3) is 0.476. The number of nitrogens with two attached hydrogens (primary N) is 1. The number of amides is 1. The molecule has 1 aliphatic carbocycles. The summed E-state index contributed by atoms with van der Waals surface area (Å²) in [6.07, 6.45) is 3.93. The van der Waals surface area contributed by atoms with Crippen molar-refractivity contribution in [3.63, 3.8) is 0 Å². The number of carboxylic acids is 1. The number of hydrogen-bond donors (Lipinski definition) is 3. The molecule has 8 nitrogen and oxygen atoms in total. The maximum absolute atomic E-state index is 15.0. The van der Waals surface area contributed by atoms with Crippen LogP contribution in [-0.2, 0) is 4.79 Å². The molecule has 10 heteroatoms. The number of carboxylic acid groups (broad SMARTS) is 1. The van der Waals surface area contributed by atoms with Crippen molar-refractivity contribution in [2.24, 2.45) is 11.1 Å². The summed E-state index contributed by atoms with van der Waals surface area (Å²) in [7, 11) is 0. The number of aromatic nitrogens is 1. The summed E-state index contributed by atoms with van der Waals surface area (Å²) in [5, 5.41) is 12.2. The molecule has 0 radical (unpaired) electrons. The average molecular weight is 453 g/mol. The maximum Gasteiger partial charge on any atom is 0.341 e. The van der Waals surface area contributed by atoms with E-state index in [2.05, 4.69) is 5.32 Å². The molecule has 31 heavy (non-hydrogen) atoms. The van der Waals surface area contributed by atoms with Crippen molar-refractivity contribution < 1.29 is 19.1 Å². The van der Waals surface area contributed by atoms with Gasteiger partial charge in [-0.1, -0.05) is 6.92 Å². The highest BCUT2D eigenvalue weighted by atomic mass is 35.5. The van der Waals surface area contributed by atoms with Crippen LogP contribution in [0, 0.1) is 11.2 Å². The van der Waals surface area contributed by atoms with Gasteiger partial charge in [-0.3, -0.25) is 9.59 Å². The van der Waals surface area contributed by atoms with Gasteiger partial charge in [0, 0.05) is 42.7 Å². The van der Waals surface area contributed by atoms with Crippen molar-refractivity contribution in [2.45, 2.75) is 32.2 Å². The molecule has 2 fully saturated rings. The Balaban J connectivity index is 0.00000272. The molecule has 4 N–H and O–H groups in total. The first-order chi connectivity index (χ1) is 14.2. The molecule has 1 saturated carbocycles. The van der Waals surface area contributed by atoms with E-state index >= 15 is 4.39 Å². The molecule has 1 aliphatic heterocycles. The molecule has 4 rings (SSSR count). The number of nitrogens with one attached hydrogen (secondary N) is 1. The molecule has 0 bridgehead atoms. The molecule has 168 valence electrons. The number of nitrogens with zero attached hydrogens (tertiary/aromatic N) is 2. The van der Waals surface area contributed by atoms with Crippen LogP contribution in [0.25, 0.3) is 10.9 Å². The number of pyridine rings is 1. The minimum Gasteiger partial charge on any atom is -0.477 e. The Hall–Kier alpha value is -2.65. The number of fused-ring (bicyclic) bond motifs is 1. The zero-order chi connectivity index (χ0) is 21.6. The lowest BCUT2D eigenvalue weighted by Gasteiger charge is -2.26. The van der Waals surface area contributed by atoms with Crippen molar-refractivity contribution >= 4 is 40.9 Å². The number of anilines is 1. The summed E-state index contributed by atoms with van der Waals surface area (Å²) in [4.78, 5) is 37.5. The van der Waals surface area contributed by atoms with Gasteiger partial charge in [-0.15, -0.1) is 12.4 Å². The topological polar surface area (TPSA) is 118 Å². The standard InChI is InChI=1S/C21H25FN4O4.ClH/c1-21(10-24-18(27)8-23)4-5-25(11-21)17-7-16-13(6-15(17)22)19(28)14(20(29)30)9-26(16)12-2-3-12;/h6-7,9,12H,2-5,8,10-11,23H2,1H3,(H,24,27)(H,29,30);1H. The van der Waals surface area contributed by atoms with Crippen LogP contribution in [0.1, 0.15) is 42.6 Å². The van der Waals surface area contributed by atoms with Gasteiger partial charge >= 0.3 is 5.97 Å². The molecule has 1 aromatic heterocycles. The number of benzene rings is 1. The molecular formula is C21H26ClFN4O4. The summed E-state index contributed by atoms with van der Waals surface area (Å²) in [5.41, 5.74) is 5.03. The summed E-state index contributed by atoms with van der Waals surface area (Å²) < 4.78 is 16.8. The minimum atomic E-state index is -1.31. The van der Waals surface area contributed by atoms with E-state index in [4.69, 9.17) is 5.73 Å². The predicted molar refractivity (Wildman–Crippen MR) is 118 cm³/mol. The smallest absolute Gasteiger partial charge is 0.341 e. The van der Waals surface area contributed by atoms with E-state index in [1.165, 1.54) is 6.20 Å². The van der Waals surface area contributed by atoms with Gasteiger partial charge in [0.2, 0.25) is 11.3 Å². The predicted octanol–water partition coefficient (Wildman–Crippen LogP) is 1.89. The second-order valence-corrected chi connectivity index (χ2v) is 8.60. The molecule has 2 aromatic rings. The third kappa shape index (κ3) is 4.38. The van der Waals surface area contributed by atoms with Crippen LogP contribution in [0.5, 0.6) is 0 Å². The Kier molecular flexibility index (Phi) is 6.29. The molecule has 2 heterocycles. The van der Waals surface area contributed by atoms with Crippen molar-refractivity contribution in [3.05, 3.63) is 39.9 Å². The van der Waals surface area contributed by atoms with Gasteiger partial charge in [0.25, 0.3) is 0 Å². The van der Waals surface area contributed by atoms with E-state index in [1.807, 2.05) is 11.8 Å². The fourth-order valence-corrected chi connectivity index (χ4v) is 4.17. The SMILES string of the molecule is CC1(CNC(=O)CN)CCN(c2cc3c(cc2F)c(=O)c(C(=O)O)cn3C2CC2)C1.Cl. The highest BCUT2D eigenvalue weighted by Crippen LogP contribution is 2.39. The van der Waals surface area contributed by atoms with Gasteiger partial charge in [-0.25, -0.2) is 9.18 Å². The number of rotatable bonds is 6. The summed E-state index contributed by atoms with van der Waals surface area (Å²) in [6, 6.07) is 2.93. The van der Waals surface area contributed by atoms with E-state index in [1.54, 1.807) is 10.6 Å². The van der Waals surface area contributed by atoms with Gasteiger partial charge in [0.1, 0.15) is 11.4 Å². The van der Waals surface area contributed by atoms with Crippen LogP contribution >= 0.6 is 12.4 Å². The number of hydrogen-bond acceptors (Lipinski definition) is 5. The lowest BCUT2D eigenvalue weighted by atomic mass is 9.90. The lowest BCUT2D eigenvalue weighted by Crippen LogP contribution is -2.40. The zero-order valence-corrected chi connectivity index (χ0v) is 18.0. The Morgan fingerprint density at radius 1 is 1.35 bits per heavy atom. The van der Waals surface area contributed by atoms with Crippen molar-refractivity contribution in [2.75, 3.05) is 31.1 Å². The van der Waals surface area contributed by atoms with Crippen LogP contribution < -0.4 is 21.4 Å². The van der Waals surface area contributed by atoms with Crippen LogP contribution in [0.4, 0.5) is 10.1 Å². The van der Waals surface area contributed by atoms with E-state index in [0.717, 1.165) is 25.3 Å². The molecule has 1 unspecified atom stereocenters. The molecule has 1 aromatic carbocycles. The zero-order valence-electron chi connectivity index (χ0n) is 17.2. The first-order valence-corrected chi connectivity index (χ1v) is 10.1. The van der Waals surface area contributed by atoms with Gasteiger partial charge in [0.15, 0.2) is 0 Å². The number of halogens is 2. The largest absolute Gasteiger partial charge is 0.477 e. The number of carbonyl (C=O) groups excluding carboxylic acids is 1. The third-order valence-electron chi connectivity index (χ3n) is 6.07. The van der Waals surface area contributed by atoms with Gasteiger partial charge in [-0.2, -0.15) is 0 Å². The normalized spacial score (nSPS) is 20.5. The quantitative estimate of drug-likeness (QED) is 0.616. The molecule has 1 amide bonds. The molecule has 0 spiro atoms. The Morgan fingerprint density at radius 2 is 2.06 bits per heavy atom. The molecule has 1 saturated heterocycles. The minimum absolute atomic E-state index is 0. The Labute approximate surface area is 184 Å². The molecular weight excluding hydrogens is 427 g/mol. The summed E-state index contributed by atoms with van der Waals surface area (Å²) in [6.45, 7) is 3.56. The summed E-state index contributed by atoms with van der Waals surface area (Å²) in [5.74, 6) is -2.09. The van der Waals surface area contributed by atoms with Gasteiger partial charge in [0.05, 0.1) is 17.7 Å². The monoisotopic (exact) mass is 452 g/mol.